The Labute approximate surface area is 123 Å². The number of benzene rings is 1. The van der Waals surface area contributed by atoms with Crippen LogP contribution in [0.4, 0.5) is 0 Å². The minimum atomic E-state index is 0.259. The summed E-state index contributed by atoms with van der Waals surface area (Å²) in [6.07, 6.45) is 3.61. The third-order valence-electron chi connectivity index (χ3n) is 4.03. The van der Waals surface area contributed by atoms with Crippen LogP contribution >= 0.6 is 0 Å². The van der Waals surface area contributed by atoms with Crippen molar-refractivity contribution < 1.29 is 4.79 Å². The van der Waals surface area contributed by atoms with Crippen LogP contribution in [0.1, 0.15) is 49.5 Å². The molecule has 0 bridgehead atoms. The number of piperidine rings is 1. The predicted octanol–water partition coefficient (Wildman–Crippen LogP) is 3.80. The summed E-state index contributed by atoms with van der Waals surface area (Å²) in [6, 6.07) is 8.19. The van der Waals surface area contributed by atoms with Gasteiger partial charge in [-0.05, 0) is 43.2 Å². The molecule has 1 saturated heterocycles. The molecule has 0 saturated carbocycles. The number of nitrogens with zero attached hydrogens (tertiary/aromatic N) is 1. The van der Waals surface area contributed by atoms with Crippen molar-refractivity contribution in [2.24, 2.45) is 11.8 Å². The van der Waals surface area contributed by atoms with Gasteiger partial charge in [-0.3, -0.25) is 9.69 Å². The molecule has 2 nitrogen and oxygen atoms in total. The van der Waals surface area contributed by atoms with E-state index in [0.717, 1.165) is 31.0 Å². The first-order valence-electron chi connectivity index (χ1n) is 7.89. The molecule has 20 heavy (non-hydrogen) atoms. The van der Waals surface area contributed by atoms with Crippen molar-refractivity contribution in [3.05, 3.63) is 35.4 Å². The van der Waals surface area contributed by atoms with Crippen LogP contribution in [0.25, 0.3) is 0 Å². The Bertz CT molecular complexity index is 435. The summed E-state index contributed by atoms with van der Waals surface area (Å²) in [5.41, 5.74) is 2.18. The number of carbonyl (C=O) groups is 1. The van der Waals surface area contributed by atoms with E-state index in [0.29, 0.717) is 12.5 Å². The van der Waals surface area contributed by atoms with Gasteiger partial charge in [-0.1, -0.05) is 45.0 Å². The maximum absolute atomic E-state index is 12.3. The molecule has 1 aliphatic rings. The topological polar surface area (TPSA) is 20.3 Å². The van der Waals surface area contributed by atoms with Gasteiger partial charge in [0.2, 0.25) is 0 Å². The fourth-order valence-corrected chi connectivity index (χ4v) is 3.02. The second-order valence-corrected chi connectivity index (χ2v) is 6.70. The van der Waals surface area contributed by atoms with E-state index in [-0.39, 0.29) is 5.78 Å². The van der Waals surface area contributed by atoms with E-state index < -0.39 is 0 Å². The lowest BCUT2D eigenvalue weighted by molar-refractivity contribution is 0.0893. The first-order valence-corrected chi connectivity index (χ1v) is 7.89. The Balaban J connectivity index is 1.91. The average Bonchev–Trinajstić information content (AvgIpc) is 2.38. The maximum Gasteiger partial charge on any atom is 0.176 e. The third-order valence-corrected chi connectivity index (χ3v) is 4.03. The van der Waals surface area contributed by atoms with Crippen LogP contribution < -0.4 is 0 Å². The van der Waals surface area contributed by atoms with E-state index in [2.05, 4.69) is 37.8 Å². The van der Waals surface area contributed by atoms with Gasteiger partial charge < -0.3 is 0 Å². The average molecular weight is 273 g/mol. The lowest BCUT2D eigenvalue weighted by Gasteiger charge is -2.30. The van der Waals surface area contributed by atoms with Crippen LogP contribution in [0.15, 0.2) is 24.3 Å². The Kier molecular flexibility index (Phi) is 5.36. The van der Waals surface area contributed by atoms with Gasteiger partial charge in [0.05, 0.1) is 6.54 Å². The molecule has 1 unspecified atom stereocenters. The number of Topliss-reactive ketones (excluding diaryl/α,β-unsaturated/α-hetero) is 1. The van der Waals surface area contributed by atoms with Crippen molar-refractivity contribution in [2.45, 2.75) is 40.0 Å². The standard InChI is InChI=1S/C18H27NO/c1-14(2)11-16-6-8-17(9-7-16)18(20)13-19-10-4-5-15(3)12-19/h6-9,14-15H,4-5,10-13H2,1-3H3. The fourth-order valence-electron chi connectivity index (χ4n) is 3.02. The number of ketones is 1. The smallest absolute Gasteiger partial charge is 0.176 e. The summed E-state index contributed by atoms with van der Waals surface area (Å²) in [6.45, 7) is 9.43. The molecular weight excluding hydrogens is 246 g/mol. The quantitative estimate of drug-likeness (QED) is 0.761. The molecule has 0 spiro atoms. The molecule has 0 N–H and O–H groups in total. The molecule has 2 rings (SSSR count). The highest BCUT2D eigenvalue weighted by Crippen LogP contribution is 2.16. The zero-order valence-electron chi connectivity index (χ0n) is 13.1. The highest BCUT2D eigenvalue weighted by molar-refractivity contribution is 5.97. The molecule has 0 aromatic heterocycles. The Morgan fingerprint density at radius 3 is 2.60 bits per heavy atom. The van der Waals surface area contributed by atoms with E-state index in [1.165, 1.54) is 18.4 Å². The van der Waals surface area contributed by atoms with Crippen LogP contribution in [-0.2, 0) is 6.42 Å². The van der Waals surface area contributed by atoms with Crippen LogP contribution in [0, 0.1) is 11.8 Å². The van der Waals surface area contributed by atoms with Gasteiger partial charge in [0.15, 0.2) is 5.78 Å². The number of carbonyl (C=O) groups excluding carboxylic acids is 1. The monoisotopic (exact) mass is 273 g/mol. The number of hydrogen-bond donors (Lipinski definition) is 0. The zero-order chi connectivity index (χ0) is 14.5. The van der Waals surface area contributed by atoms with Gasteiger partial charge in [-0.25, -0.2) is 0 Å². The molecule has 0 amide bonds. The molecule has 1 fully saturated rings. The molecule has 110 valence electrons. The van der Waals surface area contributed by atoms with Crippen LogP contribution in [0.2, 0.25) is 0 Å². The van der Waals surface area contributed by atoms with E-state index >= 15 is 0 Å². The van der Waals surface area contributed by atoms with E-state index in [9.17, 15) is 4.79 Å². The molecule has 1 heterocycles. The lowest BCUT2D eigenvalue weighted by Crippen LogP contribution is -2.37. The van der Waals surface area contributed by atoms with Gasteiger partial charge in [-0.15, -0.1) is 0 Å². The summed E-state index contributed by atoms with van der Waals surface area (Å²) >= 11 is 0. The lowest BCUT2D eigenvalue weighted by atomic mass is 9.98. The van der Waals surface area contributed by atoms with Gasteiger partial charge in [-0.2, -0.15) is 0 Å². The van der Waals surface area contributed by atoms with E-state index in [1.807, 2.05) is 12.1 Å². The molecule has 0 radical (unpaired) electrons. The number of rotatable bonds is 5. The van der Waals surface area contributed by atoms with Crippen molar-refractivity contribution in [3.8, 4) is 0 Å². The molecule has 2 heteroatoms. The molecular formula is C18H27NO. The molecule has 1 aromatic rings. The van der Waals surface area contributed by atoms with Crippen molar-refractivity contribution >= 4 is 5.78 Å². The summed E-state index contributed by atoms with van der Waals surface area (Å²) in [7, 11) is 0. The maximum atomic E-state index is 12.3. The van der Waals surface area contributed by atoms with Crippen molar-refractivity contribution in [3.63, 3.8) is 0 Å². The van der Waals surface area contributed by atoms with Crippen LogP contribution in [0.5, 0.6) is 0 Å². The predicted molar refractivity (Wildman–Crippen MR) is 84.2 cm³/mol. The van der Waals surface area contributed by atoms with Gasteiger partial charge in [0.1, 0.15) is 0 Å². The van der Waals surface area contributed by atoms with Gasteiger partial charge in [0.25, 0.3) is 0 Å². The van der Waals surface area contributed by atoms with Crippen molar-refractivity contribution in [2.75, 3.05) is 19.6 Å². The van der Waals surface area contributed by atoms with E-state index in [4.69, 9.17) is 0 Å². The summed E-state index contributed by atoms with van der Waals surface area (Å²) in [5, 5.41) is 0. The van der Waals surface area contributed by atoms with Gasteiger partial charge in [0, 0.05) is 12.1 Å². The third kappa shape index (κ3) is 4.45. The normalized spacial score (nSPS) is 20.3. The summed E-state index contributed by atoms with van der Waals surface area (Å²) < 4.78 is 0. The Morgan fingerprint density at radius 1 is 1.30 bits per heavy atom. The molecule has 1 aliphatic heterocycles. The molecule has 0 aliphatic carbocycles. The zero-order valence-corrected chi connectivity index (χ0v) is 13.1. The second-order valence-electron chi connectivity index (χ2n) is 6.70. The SMILES string of the molecule is CC(C)Cc1ccc(C(=O)CN2CCCC(C)C2)cc1. The Morgan fingerprint density at radius 2 is 2.00 bits per heavy atom. The molecule has 1 aromatic carbocycles. The van der Waals surface area contributed by atoms with Gasteiger partial charge >= 0.3 is 0 Å². The second kappa shape index (κ2) is 7.03. The van der Waals surface area contributed by atoms with Crippen molar-refractivity contribution in [1.82, 2.24) is 4.90 Å². The fraction of sp³-hybridized carbons (Fsp3) is 0.611. The minimum absolute atomic E-state index is 0.259. The molecule has 1 atom stereocenters. The first kappa shape index (κ1) is 15.2. The van der Waals surface area contributed by atoms with Crippen LogP contribution in [-0.4, -0.2) is 30.3 Å². The number of likely N-dealkylation sites (tertiary alicyclic amines) is 1. The van der Waals surface area contributed by atoms with E-state index in [1.54, 1.807) is 0 Å². The summed E-state index contributed by atoms with van der Waals surface area (Å²) in [4.78, 5) is 14.6. The minimum Gasteiger partial charge on any atom is -0.296 e. The highest BCUT2D eigenvalue weighted by Gasteiger charge is 2.19. The summed E-state index contributed by atoms with van der Waals surface area (Å²) in [5.74, 6) is 1.64. The largest absolute Gasteiger partial charge is 0.296 e. The number of hydrogen-bond acceptors (Lipinski definition) is 2. The van der Waals surface area contributed by atoms with Crippen LogP contribution in [0.3, 0.4) is 0 Å². The Hall–Kier alpha value is -1.15. The van der Waals surface area contributed by atoms with Crippen molar-refractivity contribution in [1.29, 1.82) is 0 Å². The highest BCUT2D eigenvalue weighted by atomic mass is 16.1. The first-order chi connectivity index (χ1) is 9.54.